The Hall–Kier alpha value is -1.40. The van der Waals surface area contributed by atoms with Crippen LogP contribution in [0, 0.1) is 6.92 Å². The number of aromatic nitrogens is 1. The first-order valence-corrected chi connectivity index (χ1v) is 7.05. The van der Waals surface area contributed by atoms with Gasteiger partial charge < -0.3 is 11.1 Å². The minimum absolute atomic E-state index is 0.293. The van der Waals surface area contributed by atoms with Gasteiger partial charge in [0.25, 0.3) is 5.91 Å². The lowest BCUT2D eigenvalue weighted by molar-refractivity contribution is 0.102. The molecule has 1 heterocycles. The second-order valence-electron chi connectivity index (χ2n) is 3.97. The van der Waals surface area contributed by atoms with Crippen LogP contribution in [0.1, 0.15) is 16.2 Å². The maximum absolute atomic E-state index is 12.1. The number of anilines is 2. The number of nitrogen functional groups attached to an aromatic ring is 1. The third-order valence-electron chi connectivity index (χ3n) is 2.45. The number of hydrogen-bond acceptors (Lipinski definition) is 3. The van der Waals surface area contributed by atoms with Gasteiger partial charge in [-0.3, -0.25) is 4.79 Å². The van der Waals surface area contributed by atoms with Crippen LogP contribution in [0.3, 0.4) is 0 Å². The molecule has 1 aromatic heterocycles. The molecule has 0 aliphatic heterocycles. The second-order valence-corrected chi connectivity index (χ2v) is 5.74. The molecule has 0 radical (unpaired) electrons. The van der Waals surface area contributed by atoms with Gasteiger partial charge in [-0.25, -0.2) is 4.98 Å². The highest BCUT2D eigenvalue weighted by Gasteiger charge is 2.12. The van der Waals surface area contributed by atoms with E-state index in [-0.39, 0.29) is 5.91 Å². The fraction of sp³-hybridized carbons (Fsp3) is 0.0769. The van der Waals surface area contributed by atoms with Crippen LogP contribution >= 0.6 is 31.9 Å². The number of nitrogens with two attached hydrogens (primary N) is 1. The van der Waals surface area contributed by atoms with E-state index in [1.54, 1.807) is 18.2 Å². The minimum atomic E-state index is -0.293. The molecule has 0 saturated carbocycles. The Morgan fingerprint density at radius 1 is 1.32 bits per heavy atom. The van der Waals surface area contributed by atoms with Crippen LogP contribution in [0.25, 0.3) is 0 Å². The first-order chi connectivity index (χ1) is 8.97. The Bertz CT molecular complexity index is 621. The standard InChI is InChI=1S/C13H11Br2N3O/c1-7-3-2-4-11(17-7)13(19)18-12-9(15)5-8(14)6-10(12)16/h2-6H,16H2,1H3,(H,18,19). The summed E-state index contributed by atoms with van der Waals surface area (Å²) in [5.74, 6) is -0.293. The molecule has 6 heteroatoms. The van der Waals surface area contributed by atoms with E-state index in [0.717, 1.165) is 10.2 Å². The summed E-state index contributed by atoms with van der Waals surface area (Å²) in [6, 6.07) is 8.82. The van der Waals surface area contributed by atoms with Gasteiger partial charge in [0.05, 0.1) is 11.4 Å². The van der Waals surface area contributed by atoms with Crippen molar-refractivity contribution in [3.05, 3.63) is 50.7 Å². The third-order valence-corrected chi connectivity index (χ3v) is 3.53. The fourth-order valence-electron chi connectivity index (χ4n) is 1.57. The lowest BCUT2D eigenvalue weighted by atomic mass is 10.2. The second kappa shape index (κ2) is 5.71. The summed E-state index contributed by atoms with van der Waals surface area (Å²) in [7, 11) is 0. The van der Waals surface area contributed by atoms with Crippen molar-refractivity contribution in [1.29, 1.82) is 0 Å². The van der Waals surface area contributed by atoms with Crippen molar-refractivity contribution < 1.29 is 4.79 Å². The smallest absolute Gasteiger partial charge is 0.274 e. The van der Waals surface area contributed by atoms with Crippen molar-refractivity contribution in [1.82, 2.24) is 4.98 Å². The monoisotopic (exact) mass is 383 g/mol. The van der Waals surface area contributed by atoms with E-state index in [1.807, 2.05) is 19.1 Å². The molecule has 0 atom stereocenters. The number of hydrogen-bond donors (Lipinski definition) is 2. The number of nitrogens with zero attached hydrogens (tertiary/aromatic N) is 1. The zero-order valence-electron chi connectivity index (χ0n) is 10.1. The lowest BCUT2D eigenvalue weighted by Gasteiger charge is -2.11. The van der Waals surface area contributed by atoms with Crippen LogP contribution in [0.2, 0.25) is 0 Å². The van der Waals surface area contributed by atoms with Gasteiger partial charge in [-0.05, 0) is 47.1 Å². The van der Waals surface area contributed by atoms with Crippen LogP contribution in [-0.2, 0) is 0 Å². The van der Waals surface area contributed by atoms with Gasteiger partial charge in [0.15, 0.2) is 0 Å². The average molecular weight is 385 g/mol. The van der Waals surface area contributed by atoms with Gasteiger partial charge >= 0.3 is 0 Å². The fourth-order valence-corrected chi connectivity index (χ4v) is 2.93. The summed E-state index contributed by atoms with van der Waals surface area (Å²) in [6.07, 6.45) is 0. The number of pyridine rings is 1. The number of halogens is 2. The van der Waals surface area contributed by atoms with Crippen LogP contribution < -0.4 is 11.1 Å². The van der Waals surface area contributed by atoms with E-state index < -0.39 is 0 Å². The number of carbonyl (C=O) groups is 1. The summed E-state index contributed by atoms with van der Waals surface area (Å²) in [6.45, 7) is 1.83. The summed E-state index contributed by atoms with van der Waals surface area (Å²) >= 11 is 6.70. The van der Waals surface area contributed by atoms with Gasteiger partial charge in [-0.1, -0.05) is 22.0 Å². The first kappa shape index (κ1) is 14.0. The number of aryl methyl sites for hydroxylation is 1. The molecule has 0 aliphatic carbocycles. The molecule has 3 N–H and O–H groups in total. The van der Waals surface area contributed by atoms with Gasteiger partial charge in [0.1, 0.15) is 5.69 Å². The Balaban J connectivity index is 2.29. The Morgan fingerprint density at radius 3 is 2.68 bits per heavy atom. The van der Waals surface area contributed by atoms with Crippen molar-refractivity contribution in [3.8, 4) is 0 Å². The molecule has 19 heavy (non-hydrogen) atoms. The molecule has 0 fully saturated rings. The number of amides is 1. The lowest BCUT2D eigenvalue weighted by Crippen LogP contribution is -2.15. The maximum Gasteiger partial charge on any atom is 0.274 e. The topological polar surface area (TPSA) is 68.0 Å². The quantitative estimate of drug-likeness (QED) is 0.774. The zero-order chi connectivity index (χ0) is 14.0. The van der Waals surface area contributed by atoms with E-state index in [1.165, 1.54) is 0 Å². The summed E-state index contributed by atoms with van der Waals surface area (Å²) in [5, 5.41) is 2.76. The molecule has 0 spiro atoms. The van der Waals surface area contributed by atoms with E-state index >= 15 is 0 Å². The molecule has 0 saturated heterocycles. The van der Waals surface area contributed by atoms with Crippen molar-refractivity contribution in [2.75, 3.05) is 11.1 Å². The van der Waals surface area contributed by atoms with Crippen LogP contribution in [0.5, 0.6) is 0 Å². The molecule has 98 valence electrons. The van der Waals surface area contributed by atoms with Crippen LogP contribution in [0.4, 0.5) is 11.4 Å². The highest BCUT2D eigenvalue weighted by molar-refractivity contribution is 9.11. The largest absolute Gasteiger partial charge is 0.397 e. The average Bonchev–Trinajstić information content (AvgIpc) is 2.33. The molecular formula is C13H11Br2N3O. The van der Waals surface area contributed by atoms with E-state index in [9.17, 15) is 4.79 Å². The van der Waals surface area contributed by atoms with Gasteiger partial charge in [-0.15, -0.1) is 0 Å². The zero-order valence-corrected chi connectivity index (χ0v) is 13.2. The molecule has 2 rings (SSSR count). The van der Waals surface area contributed by atoms with Gasteiger partial charge in [0.2, 0.25) is 0 Å². The molecule has 0 unspecified atom stereocenters. The number of rotatable bonds is 2. The molecule has 4 nitrogen and oxygen atoms in total. The van der Waals surface area contributed by atoms with Gasteiger partial charge in [0, 0.05) is 14.6 Å². The number of nitrogens with one attached hydrogen (secondary N) is 1. The molecule has 2 aromatic rings. The number of benzene rings is 1. The highest BCUT2D eigenvalue weighted by Crippen LogP contribution is 2.32. The Labute approximate surface area is 127 Å². The summed E-state index contributed by atoms with van der Waals surface area (Å²) in [4.78, 5) is 16.3. The maximum atomic E-state index is 12.1. The van der Waals surface area contributed by atoms with E-state index in [0.29, 0.717) is 21.5 Å². The molecule has 1 aromatic carbocycles. The SMILES string of the molecule is Cc1cccc(C(=O)Nc2c(N)cc(Br)cc2Br)n1. The molecular weight excluding hydrogens is 374 g/mol. The van der Waals surface area contributed by atoms with Crippen molar-refractivity contribution in [2.24, 2.45) is 0 Å². The van der Waals surface area contributed by atoms with Crippen molar-refractivity contribution in [2.45, 2.75) is 6.92 Å². The van der Waals surface area contributed by atoms with Crippen molar-refractivity contribution >= 4 is 49.1 Å². The minimum Gasteiger partial charge on any atom is -0.397 e. The summed E-state index contributed by atoms with van der Waals surface area (Å²) < 4.78 is 1.55. The first-order valence-electron chi connectivity index (χ1n) is 5.47. The van der Waals surface area contributed by atoms with Crippen LogP contribution in [0.15, 0.2) is 39.3 Å². The van der Waals surface area contributed by atoms with Crippen LogP contribution in [-0.4, -0.2) is 10.9 Å². The Morgan fingerprint density at radius 2 is 2.05 bits per heavy atom. The predicted molar refractivity (Wildman–Crippen MR) is 83.2 cm³/mol. The van der Waals surface area contributed by atoms with E-state index in [2.05, 4.69) is 42.2 Å². The number of carbonyl (C=O) groups excluding carboxylic acids is 1. The molecule has 1 amide bonds. The molecule has 0 aliphatic rings. The van der Waals surface area contributed by atoms with Gasteiger partial charge in [-0.2, -0.15) is 0 Å². The molecule has 0 bridgehead atoms. The normalized spacial score (nSPS) is 10.3. The predicted octanol–water partition coefficient (Wildman–Crippen LogP) is 3.75. The highest BCUT2D eigenvalue weighted by atomic mass is 79.9. The van der Waals surface area contributed by atoms with E-state index in [4.69, 9.17) is 5.73 Å². The third kappa shape index (κ3) is 3.33. The Kier molecular flexibility index (Phi) is 4.21. The van der Waals surface area contributed by atoms with Crippen molar-refractivity contribution in [3.63, 3.8) is 0 Å². The summed E-state index contributed by atoms with van der Waals surface area (Å²) in [5.41, 5.74) is 8.04.